The lowest BCUT2D eigenvalue weighted by Crippen LogP contribution is -2.43. The van der Waals surface area contributed by atoms with Crippen molar-refractivity contribution in [3.8, 4) is 16.9 Å². The van der Waals surface area contributed by atoms with Crippen molar-refractivity contribution in [2.45, 2.75) is 18.9 Å². The van der Waals surface area contributed by atoms with E-state index < -0.39 is 29.5 Å². The maximum Gasteiger partial charge on any atom is 0.275 e. The molecule has 2 N–H and O–H groups in total. The van der Waals surface area contributed by atoms with E-state index >= 15 is 0 Å². The first-order valence-electron chi connectivity index (χ1n) is 9.37. The zero-order valence-electron chi connectivity index (χ0n) is 16.0. The van der Waals surface area contributed by atoms with Gasteiger partial charge < -0.3 is 10.6 Å². The Labute approximate surface area is 186 Å². The van der Waals surface area contributed by atoms with Gasteiger partial charge in [0.2, 0.25) is 5.91 Å². The van der Waals surface area contributed by atoms with Gasteiger partial charge in [-0.2, -0.15) is 5.10 Å². The molecule has 2 aromatic carbocycles. The van der Waals surface area contributed by atoms with Crippen molar-refractivity contribution < 1.29 is 18.4 Å². The van der Waals surface area contributed by atoms with E-state index in [0.29, 0.717) is 36.3 Å². The van der Waals surface area contributed by atoms with Gasteiger partial charge in [0.25, 0.3) is 5.91 Å². The van der Waals surface area contributed by atoms with Gasteiger partial charge >= 0.3 is 0 Å². The van der Waals surface area contributed by atoms with Crippen molar-refractivity contribution in [1.29, 1.82) is 0 Å². The van der Waals surface area contributed by atoms with Gasteiger partial charge in [0, 0.05) is 17.1 Å². The molecule has 1 aliphatic heterocycles. The van der Waals surface area contributed by atoms with Crippen molar-refractivity contribution in [3.63, 3.8) is 0 Å². The number of amides is 2. The number of likely N-dealkylation sites (tertiary alicyclic amines) is 1. The van der Waals surface area contributed by atoms with E-state index in [1.165, 1.54) is 39.9 Å². The Morgan fingerprint density at radius 2 is 1.87 bits per heavy atom. The van der Waals surface area contributed by atoms with Crippen LogP contribution in [0.5, 0.6) is 0 Å². The van der Waals surface area contributed by atoms with Crippen LogP contribution in [-0.2, 0) is 4.79 Å². The van der Waals surface area contributed by atoms with Crippen molar-refractivity contribution in [1.82, 2.24) is 14.7 Å². The number of nitrogens with two attached hydrogens (primary N) is 1. The summed E-state index contributed by atoms with van der Waals surface area (Å²) in [6, 6.07) is 8.56. The third-order valence-corrected chi connectivity index (χ3v) is 5.58. The van der Waals surface area contributed by atoms with E-state index in [2.05, 4.69) is 5.10 Å². The van der Waals surface area contributed by atoms with Gasteiger partial charge in [0.15, 0.2) is 5.69 Å². The number of rotatable bonds is 4. The molecule has 0 bridgehead atoms. The fourth-order valence-corrected chi connectivity index (χ4v) is 4.06. The van der Waals surface area contributed by atoms with Crippen LogP contribution in [0.4, 0.5) is 8.78 Å². The number of aromatic nitrogens is 2. The third-order valence-electron chi connectivity index (χ3n) is 5.08. The largest absolute Gasteiger partial charge is 0.368 e. The lowest BCUT2D eigenvalue weighted by Gasteiger charge is -2.20. The van der Waals surface area contributed by atoms with Gasteiger partial charge in [0.1, 0.15) is 17.7 Å². The van der Waals surface area contributed by atoms with E-state index in [-0.39, 0.29) is 15.7 Å². The number of benzene rings is 2. The van der Waals surface area contributed by atoms with Crippen molar-refractivity contribution in [2.24, 2.45) is 5.73 Å². The number of hydrogen-bond acceptors (Lipinski definition) is 3. The van der Waals surface area contributed by atoms with E-state index in [4.69, 9.17) is 28.9 Å². The Morgan fingerprint density at radius 3 is 2.55 bits per heavy atom. The second-order valence-electron chi connectivity index (χ2n) is 7.14. The minimum absolute atomic E-state index is 0.0176. The molecule has 1 aromatic heterocycles. The molecule has 4 rings (SSSR count). The van der Waals surface area contributed by atoms with Crippen LogP contribution in [0.1, 0.15) is 23.3 Å². The first-order chi connectivity index (χ1) is 14.7. The van der Waals surface area contributed by atoms with Crippen LogP contribution < -0.4 is 5.73 Å². The highest BCUT2D eigenvalue weighted by atomic mass is 35.5. The molecule has 0 spiro atoms. The smallest absolute Gasteiger partial charge is 0.275 e. The van der Waals surface area contributed by atoms with Crippen molar-refractivity contribution >= 4 is 35.0 Å². The predicted octanol–water partition coefficient (Wildman–Crippen LogP) is 4.21. The standard InChI is InChI=1S/C21H16Cl2F2N4O2/c22-12-6-11(7-13(24)8-12)19-10-17(21(31)28-5-1-2-18(28)20(26)30)27-29(19)14-3-4-16(25)15(23)9-14/h3-4,6-10,18H,1-2,5H2,(H2,26,30). The maximum atomic E-state index is 14.0. The quantitative estimate of drug-likeness (QED) is 0.627. The molecular weight excluding hydrogens is 449 g/mol. The van der Waals surface area contributed by atoms with Crippen LogP contribution in [0.25, 0.3) is 16.9 Å². The van der Waals surface area contributed by atoms with Crippen LogP contribution in [0.2, 0.25) is 10.0 Å². The molecule has 1 aliphatic rings. The van der Waals surface area contributed by atoms with E-state index in [1.54, 1.807) is 0 Å². The summed E-state index contributed by atoms with van der Waals surface area (Å²) in [7, 11) is 0. The lowest BCUT2D eigenvalue weighted by molar-refractivity contribution is -0.121. The number of carbonyl (C=O) groups is 2. The summed E-state index contributed by atoms with van der Waals surface area (Å²) in [6.45, 7) is 0.364. The second-order valence-corrected chi connectivity index (χ2v) is 7.99. The van der Waals surface area contributed by atoms with E-state index in [1.807, 2.05) is 0 Å². The molecule has 31 heavy (non-hydrogen) atoms. The number of hydrogen-bond donors (Lipinski definition) is 1. The highest BCUT2D eigenvalue weighted by Crippen LogP contribution is 2.30. The van der Waals surface area contributed by atoms with Crippen LogP contribution in [0.15, 0.2) is 42.5 Å². The summed E-state index contributed by atoms with van der Waals surface area (Å²) in [5.74, 6) is -2.27. The van der Waals surface area contributed by atoms with Gasteiger partial charge in [0.05, 0.1) is 16.4 Å². The molecule has 10 heteroatoms. The summed E-state index contributed by atoms with van der Waals surface area (Å²) in [6.07, 6.45) is 1.11. The molecule has 2 heterocycles. The average molecular weight is 465 g/mol. The summed E-state index contributed by atoms with van der Waals surface area (Å²) < 4.78 is 29.0. The van der Waals surface area contributed by atoms with Crippen molar-refractivity contribution in [2.75, 3.05) is 6.54 Å². The zero-order valence-corrected chi connectivity index (χ0v) is 17.5. The second kappa shape index (κ2) is 8.28. The van der Waals surface area contributed by atoms with Crippen molar-refractivity contribution in [3.05, 3.63) is 69.8 Å². The summed E-state index contributed by atoms with van der Waals surface area (Å²) in [4.78, 5) is 26.2. The van der Waals surface area contributed by atoms with Gasteiger partial charge in [-0.15, -0.1) is 0 Å². The first kappa shape index (κ1) is 21.3. The Kier molecular flexibility index (Phi) is 5.68. The molecule has 0 radical (unpaired) electrons. The Bertz CT molecular complexity index is 1180. The van der Waals surface area contributed by atoms with Crippen LogP contribution in [0, 0.1) is 11.6 Å². The molecule has 160 valence electrons. The molecule has 0 aliphatic carbocycles. The minimum atomic E-state index is -0.718. The van der Waals surface area contributed by atoms with E-state index in [9.17, 15) is 18.4 Å². The molecule has 3 aromatic rings. The molecule has 1 fully saturated rings. The van der Waals surface area contributed by atoms with Gasteiger partial charge in [-0.3, -0.25) is 9.59 Å². The summed E-state index contributed by atoms with van der Waals surface area (Å²) in [5, 5.41) is 4.36. The molecular formula is C21H16Cl2F2N4O2. The fraction of sp³-hybridized carbons (Fsp3) is 0.190. The molecule has 1 unspecified atom stereocenters. The average Bonchev–Trinajstić information content (AvgIpc) is 3.36. The molecule has 0 saturated carbocycles. The number of nitrogens with zero attached hydrogens (tertiary/aromatic N) is 3. The summed E-state index contributed by atoms with van der Waals surface area (Å²) >= 11 is 11.9. The SMILES string of the molecule is NC(=O)C1CCCN1C(=O)c1cc(-c2cc(F)cc(Cl)c2)n(-c2ccc(F)c(Cl)c2)n1. The maximum absolute atomic E-state index is 14.0. The molecule has 6 nitrogen and oxygen atoms in total. The topological polar surface area (TPSA) is 81.2 Å². The molecule has 2 amide bonds. The predicted molar refractivity (Wildman–Crippen MR) is 112 cm³/mol. The Balaban J connectivity index is 1.85. The minimum Gasteiger partial charge on any atom is -0.368 e. The lowest BCUT2D eigenvalue weighted by atomic mass is 10.1. The molecule has 1 saturated heterocycles. The fourth-order valence-electron chi connectivity index (χ4n) is 3.66. The van der Waals surface area contributed by atoms with Crippen LogP contribution >= 0.6 is 23.2 Å². The van der Waals surface area contributed by atoms with Crippen LogP contribution in [0.3, 0.4) is 0 Å². The monoisotopic (exact) mass is 464 g/mol. The number of primary amides is 1. The normalized spacial score (nSPS) is 16.0. The highest BCUT2D eigenvalue weighted by Gasteiger charge is 2.34. The first-order valence-corrected chi connectivity index (χ1v) is 10.1. The Morgan fingerprint density at radius 1 is 1.10 bits per heavy atom. The Hall–Kier alpha value is -2.97. The highest BCUT2D eigenvalue weighted by molar-refractivity contribution is 6.31. The van der Waals surface area contributed by atoms with Gasteiger partial charge in [-0.1, -0.05) is 23.2 Å². The van der Waals surface area contributed by atoms with Gasteiger partial charge in [-0.05, 0) is 55.3 Å². The number of carbonyl (C=O) groups excluding carboxylic acids is 2. The number of halogens is 4. The summed E-state index contributed by atoms with van der Waals surface area (Å²) in [5.41, 5.74) is 6.48. The zero-order chi connectivity index (χ0) is 22.3. The van der Waals surface area contributed by atoms with E-state index in [0.717, 1.165) is 12.1 Å². The van der Waals surface area contributed by atoms with Crippen LogP contribution in [-0.4, -0.2) is 39.1 Å². The van der Waals surface area contributed by atoms with Gasteiger partial charge in [-0.25, -0.2) is 13.5 Å². The molecule has 1 atom stereocenters. The third kappa shape index (κ3) is 4.13.